The van der Waals surface area contributed by atoms with Crippen LogP contribution >= 0.6 is 11.3 Å². The standard InChI is InChI=1S/C24H27N7O3S2/c1-14-21(35-15(2)27-14)20-11-25-23-30(13-16-10-26-29(4)12-16)22(32)18-9-17(5-6-19(18)31(20)23)36(33,34)28-24(3)7-8-24/h5-6,9-10,12,20,28H,7-8,11,13H2,1-4H3/t20-/m0/s1. The molecule has 1 atom stereocenters. The van der Waals surface area contributed by atoms with Crippen LogP contribution < -0.4 is 9.62 Å². The number of sulfonamides is 1. The summed E-state index contributed by atoms with van der Waals surface area (Å²) in [7, 11) is -1.94. The normalized spacial score (nSPS) is 20.4. The summed E-state index contributed by atoms with van der Waals surface area (Å²) in [6, 6.07) is 4.68. The van der Waals surface area contributed by atoms with E-state index in [1.165, 1.54) is 6.07 Å². The number of amides is 1. The molecule has 3 aliphatic rings. The summed E-state index contributed by atoms with van der Waals surface area (Å²) >= 11 is 1.62. The fourth-order valence-corrected chi connectivity index (χ4v) is 7.37. The molecule has 0 unspecified atom stereocenters. The Morgan fingerprint density at radius 3 is 2.67 bits per heavy atom. The van der Waals surface area contributed by atoms with Gasteiger partial charge in [0.2, 0.25) is 16.0 Å². The molecular formula is C24H27N7O3S2. The first-order chi connectivity index (χ1) is 17.0. The van der Waals surface area contributed by atoms with Crippen LogP contribution in [0.2, 0.25) is 0 Å². The second-order valence-corrected chi connectivity index (χ2v) is 12.9. The molecule has 1 aromatic carbocycles. The first-order valence-electron chi connectivity index (χ1n) is 11.8. The van der Waals surface area contributed by atoms with Crippen molar-refractivity contribution < 1.29 is 13.2 Å². The number of carbonyl (C=O) groups is 1. The van der Waals surface area contributed by atoms with Gasteiger partial charge in [0.1, 0.15) is 0 Å². The minimum atomic E-state index is -3.77. The molecule has 2 aromatic heterocycles. The third kappa shape index (κ3) is 3.84. The van der Waals surface area contributed by atoms with E-state index in [9.17, 15) is 13.2 Å². The van der Waals surface area contributed by atoms with Gasteiger partial charge in [0.25, 0.3) is 5.91 Å². The van der Waals surface area contributed by atoms with Gasteiger partial charge >= 0.3 is 0 Å². The quantitative estimate of drug-likeness (QED) is 0.530. The maximum absolute atomic E-state index is 13.8. The summed E-state index contributed by atoms with van der Waals surface area (Å²) in [5.74, 6) is 0.280. The number of hydrogen-bond acceptors (Lipinski definition) is 8. The average Bonchev–Trinajstić information content (AvgIpc) is 3.15. The Kier molecular flexibility index (Phi) is 5.15. The molecule has 1 N–H and O–H groups in total. The highest BCUT2D eigenvalue weighted by Crippen LogP contribution is 2.43. The molecule has 188 valence electrons. The van der Waals surface area contributed by atoms with Crippen LogP contribution in [0.1, 0.15) is 57.3 Å². The topological polar surface area (TPSA) is 113 Å². The number of fused-ring (bicyclic) bond motifs is 3. The number of nitrogens with zero attached hydrogens (tertiary/aromatic N) is 6. The van der Waals surface area contributed by atoms with Crippen LogP contribution in [0.4, 0.5) is 5.69 Å². The largest absolute Gasteiger partial charge is 0.301 e. The number of carbonyl (C=O) groups excluding carboxylic acids is 1. The van der Waals surface area contributed by atoms with Crippen LogP contribution in [0, 0.1) is 13.8 Å². The fourth-order valence-electron chi connectivity index (χ4n) is 4.86. The Labute approximate surface area is 213 Å². The minimum Gasteiger partial charge on any atom is -0.301 e. The second-order valence-electron chi connectivity index (χ2n) is 9.97. The molecule has 1 aliphatic carbocycles. The van der Waals surface area contributed by atoms with Gasteiger partial charge < -0.3 is 4.90 Å². The number of anilines is 1. The zero-order chi connectivity index (χ0) is 25.4. The number of guanidine groups is 1. The van der Waals surface area contributed by atoms with E-state index in [0.717, 1.165) is 34.0 Å². The zero-order valence-electron chi connectivity index (χ0n) is 20.5. The lowest BCUT2D eigenvalue weighted by atomic mass is 10.0. The number of nitrogens with one attached hydrogen (secondary N) is 1. The molecule has 0 saturated heterocycles. The average molecular weight is 526 g/mol. The van der Waals surface area contributed by atoms with Crippen LogP contribution in [0.3, 0.4) is 0 Å². The van der Waals surface area contributed by atoms with Crippen LogP contribution in [-0.2, 0) is 23.6 Å². The van der Waals surface area contributed by atoms with Gasteiger partial charge in [-0.2, -0.15) is 5.10 Å². The van der Waals surface area contributed by atoms with Crippen LogP contribution in [0.5, 0.6) is 0 Å². The first-order valence-corrected chi connectivity index (χ1v) is 14.1. The van der Waals surface area contributed by atoms with Gasteiger partial charge in [0.15, 0.2) is 0 Å². The van der Waals surface area contributed by atoms with E-state index in [2.05, 4.69) is 19.7 Å². The molecule has 4 heterocycles. The van der Waals surface area contributed by atoms with Crippen molar-refractivity contribution in [2.24, 2.45) is 12.0 Å². The maximum Gasteiger partial charge on any atom is 0.263 e. The van der Waals surface area contributed by atoms with E-state index < -0.39 is 15.6 Å². The third-order valence-electron chi connectivity index (χ3n) is 6.91. The van der Waals surface area contributed by atoms with Gasteiger partial charge in [-0.15, -0.1) is 11.3 Å². The SMILES string of the molecule is Cc1nc(C)c([C@@H]2CN=C3N(Cc4cnn(C)c4)C(=O)c4cc(S(=O)(=O)NC5(C)CC5)ccc4N32)s1. The fraction of sp³-hybridized carbons (Fsp3) is 0.417. The van der Waals surface area contributed by atoms with E-state index in [0.29, 0.717) is 23.8 Å². The molecule has 12 heteroatoms. The van der Waals surface area contributed by atoms with E-state index in [4.69, 9.17) is 4.99 Å². The van der Waals surface area contributed by atoms with E-state index >= 15 is 0 Å². The van der Waals surface area contributed by atoms with Crippen LogP contribution in [-0.4, -0.2) is 52.0 Å². The molecule has 0 spiro atoms. The predicted molar refractivity (Wildman–Crippen MR) is 137 cm³/mol. The van der Waals surface area contributed by atoms with Crippen molar-refractivity contribution in [2.45, 2.75) is 56.6 Å². The zero-order valence-corrected chi connectivity index (χ0v) is 22.2. The van der Waals surface area contributed by atoms with Gasteiger partial charge in [0, 0.05) is 24.3 Å². The van der Waals surface area contributed by atoms with Crippen molar-refractivity contribution >= 4 is 38.9 Å². The molecule has 6 rings (SSSR count). The van der Waals surface area contributed by atoms with Gasteiger partial charge in [-0.05, 0) is 51.8 Å². The van der Waals surface area contributed by atoms with E-state index in [-0.39, 0.29) is 23.4 Å². The Morgan fingerprint density at radius 1 is 1.25 bits per heavy atom. The second kappa shape index (κ2) is 7.95. The summed E-state index contributed by atoms with van der Waals surface area (Å²) < 4.78 is 30.7. The number of benzene rings is 1. The summed E-state index contributed by atoms with van der Waals surface area (Å²) in [4.78, 5) is 28.1. The molecule has 10 nitrogen and oxygen atoms in total. The summed E-state index contributed by atoms with van der Waals surface area (Å²) in [5, 5.41) is 5.20. The lowest BCUT2D eigenvalue weighted by Gasteiger charge is -2.38. The Balaban J connectivity index is 1.45. The minimum absolute atomic E-state index is 0.0880. The number of aliphatic imine (C=N–C) groups is 1. The molecule has 2 aliphatic heterocycles. The van der Waals surface area contributed by atoms with Crippen molar-refractivity contribution in [3.63, 3.8) is 0 Å². The van der Waals surface area contributed by atoms with Crippen LogP contribution in [0.15, 0.2) is 40.5 Å². The predicted octanol–water partition coefficient (Wildman–Crippen LogP) is 2.90. The number of hydrogen-bond donors (Lipinski definition) is 1. The summed E-state index contributed by atoms with van der Waals surface area (Å²) in [5.41, 5.74) is 2.39. The molecule has 1 saturated carbocycles. The third-order valence-corrected chi connectivity index (χ3v) is 9.72. The first kappa shape index (κ1) is 23.3. The van der Waals surface area contributed by atoms with Crippen molar-refractivity contribution in [3.05, 3.63) is 57.3 Å². The number of rotatable bonds is 6. The molecule has 0 bridgehead atoms. The molecule has 1 amide bonds. The number of thiazole rings is 1. The molecule has 3 aromatic rings. The molecule has 1 fully saturated rings. The smallest absolute Gasteiger partial charge is 0.263 e. The Hall–Kier alpha value is -3.09. The van der Waals surface area contributed by atoms with Crippen molar-refractivity contribution in [3.8, 4) is 0 Å². The lowest BCUT2D eigenvalue weighted by Crippen LogP contribution is -2.50. The van der Waals surface area contributed by atoms with Gasteiger partial charge in [-0.1, -0.05) is 0 Å². The summed E-state index contributed by atoms with van der Waals surface area (Å²) in [6.07, 6.45) is 5.19. The van der Waals surface area contributed by atoms with Crippen molar-refractivity contribution in [1.29, 1.82) is 0 Å². The Morgan fingerprint density at radius 2 is 2.03 bits per heavy atom. The van der Waals surface area contributed by atoms with Crippen molar-refractivity contribution in [1.82, 2.24) is 24.4 Å². The molecular weight excluding hydrogens is 498 g/mol. The van der Waals surface area contributed by atoms with Gasteiger partial charge in [0.05, 0.1) is 57.1 Å². The van der Waals surface area contributed by atoms with Gasteiger partial charge in [-0.3, -0.25) is 14.4 Å². The molecule has 0 radical (unpaired) electrons. The highest BCUT2D eigenvalue weighted by atomic mass is 32.2. The summed E-state index contributed by atoms with van der Waals surface area (Å²) in [6.45, 7) is 6.61. The maximum atomic E-state index is 13.8. The van der Waals surface area contributed by atoms with E-state index in [1.807, 2.05) is 34.0 Å². The Bertz CT molecular complexity index is 1530. The van der Waals surface area contributed by atoms with E-state index in [1.54, 1.807) is 39.2 Å². The van der Waals surface area contributed by atoms with Crippen molar-refractivity contribution in [2.75, 3.05) is 11.4 Å². The number of aromatic nitrogens is 3. The molecule has 36 heavy (non-hydrogen) atoms. The lowest BCUT2D eigenvalue weighted by molar-refractivity contribution is 0.0832. The highest BCUT2D eigenvalue weighted by Gasteiger charge is 2.45. The van der Waals surface area contributed by atoms with Crippen LogP contribution in [0.25, 0.3) is 0 Å². The van der Waals surface area contributed by atoms with Gasteiger partial charge in [-0.25, -0.2) is 23.1 Å². The highest BCUT2D eigenvalue weighted by molar-refractivity contribution is 7.89. The monoisotopic (exact) mass is 525 g/mol. The number of aryl methyl sites for hydroxylation is 3.